The highest BCUT2D eigenvalue weighted by molar-refractivity contribution is 5.97. The maximum absolute atomic E-state index is 12.0. The van der Waals surface area contributed by atoms with Crippen molar-refractivity contribution in [2.24, 2.45) is 0 Å². The third kappa shape index (κ3) is 7.02. The van der Waals surface area contributed by atoms with Crippen molar-refractivity contribution in [3.8, 4) is 5.75 Å². The molecule has 0 saturated heterocycles. The lowest BCUT2D eigenvalue weighted by Gasteiger charge is -2.23. The van der Waals surface area contributed by atoms with Gasteiger partial charge in [-0.1, -0.05) is 19.3 Å². The summed E-state index contributed by atoms with van der Waals surface area (Å²) >= 11 is 0. The number of carbonyl (C=O) groups is 4. The maximum atomic E-state index is 12.0. The van der Waals surface area contributed by atoms with Crippen molar-refractivity contribution in [3.05, 3.63) is 29.8 Å². The molecule has 28 heavy (non-hydrogen) atoms. The molecule has 0 aliphatic heterocycles. The van der Waals surface area contributed by atoms with E-state index in [4.69, 9.17) is 9.47 Å². The van der Waals surface area contributed by atoms with E-state index < -0.39 is 30.6 Å². The number of carbonyl (C=O) groups excluding carboxylic acids is 4. The van der Waals surface area contributed by atoms with Crippen LogP contribution in [-0.4, -0.2) is 42.4 Å². The molecule has 0 heterocycles. The van der Waals surface area contributed by atoms with Crippen molar-refractivity contribution < 1.29 is 28.7 Å². The summed E-state index contributed by atoms with van der Waals surface area (Å²) in [6, 6.07) is 5.79. The second-order valence-electron chi connectivity index (χ2n) is 6.80. The topological polar surface area (TPSA) is 111 Å². The molecule has 1 aromatic rings. The summed E-state index contributed by atoms with van der Waals surface area (Å²) in [6.45, 7) is 2.43. The number of ether oxygens (including phenoxy) is 2. The molecule has 8 heteroatoms. The Bertz CT molecular complexity index is 710. The van der Waals surface area contributed by atoms with Crippen LogP contribution in [0.5, 0.6) is 5.75 Å². The number of ketones is 1. The highest BCUT2D eigenvalue weighted by atomic mass is 16.6. The number of Topliss-reactive ketones (excluding diaryl/α,β-unsaturated/α-hetero) is 1. The highest BCUT2D eigenvalue weighted by Gasteiger charge is 2.22. The van der Waals surface area contributed by atoms with E-state index >= 15 is 0 Å². The zero-order valence-electron chi connectivity index (χ0n) is 16.2. The molecule has 1 fully saturated rings. The fourth-order valence-corrected chi connectivity index (χ4v) is 2.89. The lowest BCUT2D eigenvalue weighted by atomic mass is 9.96. The maximum Gasteiger partial charge on any atom is 0.344 e. The summed E-state index contributed by atoms with van der Waals surface area (Å²) in [6.07, 6.45) is 3.95. The molecule has 0 bridgehead atoms. The fourth-order valence-electron chi connectivity index (χ4n) is 2.89. The first kappa shape index (κ1) is 21.4. The van der Waals surface area contributed by atoms with Crippen LogP contribution < -0.4 is 15.4 Å². The fraction of sp³-hybridized carbons (Fsp3) is 0.500. The Hall–Kier alpha value is -2.90. The van der Waals surface area contributed by atoms with Gasteiger partial charge >= 0.3 is 12.0 Å². The van der Waals surface area contributed by atoms with Crippen molar-refractivity contribution in [2.45, 2.75) is 58.1 Å². The minimum Gasteiger partial charge on any atom is -0.482 e. The summed E-state index contributed by atoms with van der Waals surface area (Å²) in [4.78, 5) is 46.9. The van der Waals surface area contributed by atoms with Gasteiger partial charge < -0.3 is 14.8 Å². The van der Waals surface area contributed by atoms with Crippen molar-refractivity contribution >= 4 is 23.7 Å². The third-order valence-corrected chi connectivity index (χ3v) is 4.47. The Morgan fingerprint density at radius 1 is 1.07 bits per heavy atom. The molecule has 1 aliphatic carbocycles. The van der Waals surface area contributed by atoms with E-state index in [2.05, 4.69) is 10.6 Å². The molecule has 0 radical (unpaired) electrons. The van der Waals surface area contributed by atoms with E-state index in [0.717, 1.165) is 32.1 Å². The summed E-state index contributed by atoms with van der Waals surface area (Å²) in [5.74, 6) is -1.12. The normalized spacial score (nSPS) is 15.2. The zero-order chi connectivity index (χ0) is 20.5. The molecule has 3 amide bonds. The molecular weight excluding hydrogens is 364 g/mol. The number of hydrogen-bond acceptors (Lipinski definition) is 6. The van der Waals surface area contributed by atoms with Gasteiger partial charge in [0.2, 0.25) is 0 Å². The quantitative estimate of drug-likeness (QED) is 0.546. The van der Waals surface area contributed by atoms with Gasteiger partial charge in [-0.2, -0.15) is 0 Å². The third-order valence-electron chi connectivity index (χ3n) is 4.47. The molecule has 0 spiro atoms. The van der Waals surface area contributed by atoms with Crippen molar-refractivity contribution in [1.82, 2.24) is 10.6 Å². The molecule has 2 N–H and O–H groups in total. The Morgan fingerprint density at radius 2 is 1.71 bits per heavy atom. The van der Waals surface area contributed by atoms with E-state index in [1.54, 1.807) is 24.3 Å². The van der Waals surface area contributed by atoms with Gasteiger partial charge in [-0.15, -0.1) is 0 Å². The van der Waals surface area contributed by atoms with Gasteiger partial charge in [-0.25, -0.2) is 9.59 Å². The van der Waals surface area contributed by atoms with Crippen LogP contribution in [-0.2, 0) is 14.3 Å². The van der Waals surface area contributed by atoms with Crippen LogP contribution in [0.2, 0.25) is 0 Å². The van der Waals surface area contributed by atoms with E-state index in [0.29, 0.717) is 11.3 Å². The first-order valence-corrected chi connectivity index (χ1v) is 9.40. The van der Waals surface area contributed by atoms with Crippen LogP contribution in [0.4, 0.5) is 4.79 Å². The van der Waals surface area contributed by atoms with Crippen LogP contribution in [0.3, 0.4) is 0 Å². The minimum absolute atomic E-state index is 0.0710. The van der Waals surface area contributed by atoms with Gasteiger partial charge in [0.1, 0.15) is 5.75 Å². The second kappa shape index (κ2) is 10.4. The molecule has 1 atom stereocenters. The van der Waals surface area contributed by atoms with Crippen molar-refractivity contribution in [1.29, 1.82) is 0 Å². The molecule has 1 unspecified atom stereocenters. The van der Waals surface area contributed by atoms with Gasteiger partial charge in [0.15, 0.2) is 18.5 Å². The molecular formula is C20H26N2O6. The minimum atomic E-state index is -1.13. The standard InChI is InChI=1S/C20H26N2O6/c1-13(23)15-8-10-17(11-9-15)27-12-18(24)28-14(2)19(25)22-20(26)21-16-6-4-3-5-7-16/h8-11,14,16H,3-7,12H2,1-2H3,(H2,21,22,25,26). The lowest BCUT2D eigenvalue weighted by molar-refractivity contribution is -0.156. The highest BCUT2D eigenvalue weighted by Crippen LogP contribution is 2.17. The largest absolute Gasteiger partial charge is 0.482 e. The predicted octanol–water partition coefficient (Wildman–Crippen LogP) is 2.36. The SMILES string of the molecule is CC(=O)c1ccc(OCC(=O)OC(C)C(=O)NC(=O)NC2CCCCC2)cc1. The van der Waals surface area contributed by atoms with Crippen molar-refractivity contribution in [3.63, 3.8) is 0 Å². The van der Waals surface area contributed by atoms with Crippen LogP contribution >= 0.6 is 0 Å². The molecule has 1 aromatic carbocycles. The van der Waals surface area contributed by atoms with E-state index in [1.807, 2.05) is 0 Å². The number of hydrogen-bond donors (Lipinski definition) is 2. The molecule has 0 aromatic heterocycles. The number of esters is 1. The summed E-state index contributed by atoms with van der Waals surface area (Å²) in [5, 5.41) is 4.94. The van der Waals surface area contributed by atoms with Crippen molar-refractivity contribution in [2.75, 3.05) is 6.61 Å². The number of nitrogens with one attached hydrogen (secondary N) is 2. The predicted molar refractivity (Wildman–Crippen MR) is 101 cm³/mol. The molecule has 1 saturated carbocycles. The van der Waals surface area contributed by atoms with Crippen LogP contribution in [0, 0.1) is 0 Å². The lowest BCUT2D eigenvalue weighted by Crippen LogP contribution is -2.48. The second-order valence-corrected chi connectivity index (χ2v) is 6.80. The summed E-state index contributed by atoms with van der Waals surface area (Å²) in [5.41, 5.74) is 0.534. The number of rotatable bonds is 7. The van der Waals surface area contributed by atoms with Gasteiger partial charge in [-0.3, -0.25) is 14.9 Å². The van der Waals surface area contributed by atoms with Crippen LogP contribution in [0.15, 0.2) is 24.3 Å². The first-order chi connectivity index (χ1) is 13.3. The number of urea groups is 1. The number of amides is 3. The molecule has 2 rings (SSSR count). The Morgan fingerprint density at radius 3 is 2.32 bits per heavy atom. The molecule has 152 valence electrons. The Labute approximate surface area is 164 Å². The number of benzene rings is 1. The molecule has 8 nitrogen and oxygen atoms in total. The average Bonchev–Trinajstić information content (AvgIpc) is 2.67. The van der Waals surface area contributed by atoms with Gasteiger partial charge in [-0.05, 0) is 51.0 Å². The first-order valence-electron chi connectivity index (χ1n) is 9.40. The Kier molecular flexibility index (Phi) is 7.98. The van der Waals surface area contributed by atoms with E-state index in [-0.39, 0.29) is 11.8 Å². The summed E-state index contributed by atoms with van der Waals surface area (Å²) < 4.78 is 10.2. The van der Waals surface area contributed by atoms with Gasteiger partial charge in [0, 0.05) is 11.6 Å². The van der Waals surface area contributed by atoms with E-state index in [1.165, 1.54) is 13.8 Å². The van der Waals surface area contributed by atoms with E-state index in [9.17, 15) is 19.2 Å². The monoisotopic (exact) mass is 390 g/mol. The van der Waals surface area contributed by atoms with Crippen LogP contribution in [0.25, 0.3) is 0 Å². The smallest absolute Gasteiger partial charge is 0.344 e. The van der Waals surface area contributed by atoms with Crippen LogP contribution in [0.1, 0.15) is 56.3 Å². The van der Waals surface area contributed by atoms with Gasteiger partial charge in [0.25, 0.3) is 5.91 Å². The van der Waals surface area contributed by atoms with Gasteiger partial charge in [0.05, 0.1) is 0 Å². The molecule has 1 aliphatic rings. The Balaban J connectivity index is 1.70. The average molecular weight is 390 g/mol. The number of imide groups is 1. The zero-order valence-corrected chi connectivity index (χ0v) is 16.2. The summed E-state index contributed by atoms with van der Waals surface area (Å²) in [7, 11) is 0.